The van der Waals surface area contributed by atoms with Gasteiger partial charge < -0.3 is 10.1 Å². The highest BCUT2D eigenvalue weighted by atomic mass is 32.1. The first kappa shape index (κ1) is 16.4. The lowest BCUT2D eigenvalue weighted by molar-refractivity contribution is -0.118. The number of benzene rings is 1. The van der Waals surface area contributed by atoms with Gasteiger partial charge in [0.15, 0.2) is 0 Å². The molecule has 0 spiro atoms. The number of aryl methyl sites for hydroxylation is 1. The molecule has 1 amide bonds. The Bertz CT molecular complexity index is 856. The second-order valence-corrected chi connectivity index (χ2v) is 6.85. The fourth-order valence-corrected chi connectivity index (χ4v) is 3.07. The van der Waals surface area contributed by atoms with Crippen molar-refractivity contribution in [3.05, 3.63) is 41.5 Å². The van der Waals surface area contributed by atoms with Crippen LogP contribution in [0.2, 0.25) is 0 Å². The van der Waals surface area contributed by atoms with Gasteiger partial charge in [0.05, 0.1) is 5.39 Å². The van der Waals surface area contributed by atoms with E-state index in [-0.39, 0.29) is 11.8 Å². The van der Waals surface area contributed by atoms with Crippen LogP contribution in [0.15, 0.2) is 36.7 Å². The smallest absolute Gasteiger partial charge is 0.231 e. The van der Waals surface area contributed by atoms with Crippen molar-refractivity contribution in [2.45, 2.75) is 27.2 Å². The summed E-state index contributed by atoms with van der Waals surface area (Å²) in [6.07, 6.45) is 2.48. The van der Waals surface area contributed by atoms with Crippen LogP contribution in [0, 0.1) is 5.92 Å². The van der Waals surface area contributed by atoms with E-state index in [2.05, 4.69) is 28.3 Å². The molecule has 0 radical (unpaired) electrons. The van der Waals surface area contributed by atoms with Gasteiger partial charge in [0.25, 0.3) is 0 Å². The van der Waals surface area contributed by atoms with Crippen molar-refractivity contribution < 1.29 is 9.53 Å². The minimum absolute atomic E-state index is 0.00783. The van der Waals surface area contributed by atoms with E-state index in [1.54, 1.807) is 11.3 Å². The largest absolute Gasteiger partial charge is 0.438 e. The number of hydrogen-bond acceptors (Lipinski definition) is 5. The van der Waals surface area contributed by atoms with Gasteiger partial charge in [0.2, 0.25) is 11.8 Å². The molecule has 3 rings (SSSR count). The minimum Gasteiger partial charge on any atom is -0.438 e. The van der Waals surface area contributed by atoms with Gasteiger partial charge in [0, 0.05) is 16.5 Å². The fraction of sp³-hybridized carbons (Fsp3) is 0.278. The highest BCUT2D eigenvalue weighted by Crippen LogP contribution is 2.32. The number of rotatable bonds is 5. The predicted octanol–water partition coefficient (Wildman–Crippen LogP) is 4.64. The zero-order chi connectivity index (χ0) is 17.1. The van der Waals surface area contributed by atoms with Crippen molar-refractivity contribution in [2.75, 3.05) is 5.32 Å². The molecule has 2 heterocycles. The number of nitrogens with zero attached hydrogens (tertiary/aromatic N) is 2. The van der Waals surface area contributed by atoms with Crippen molar-refractivity contribution in [1.82, 2.24) is 9.97 Å². The van der Waals surface area contributed by atoms with Crippen molar-refractivity contribution in [1.29, 1.82) is 0 Å². The summed E-state index contributed by atoms with van der Waals surface area (Å²) < 4.78 is 5.90. The van der Waals surface area contributed by atoms with Crippen LogP contribution in [-0.4, -0.2) is 15.9 Å². The molecule has 0 aliphatic heterocycles. The van der Waals surface area contributed by atoms with Crippen LogP contribution < -0.4 is 10.1 Å². The summed E-state index contributed by atoms with van der Waals surface area (Å²) in [4.78, 5) is 22.4. The molecule has 1 aromatic carbocycles. The lowest BCUT2D eigenvalue weighted by atomic mass is 10.2. The Morgan fingerprint density at radius 1 is 1.25 bits per heavy atom. The second kappa shape index (κ2) is 6.97. The third-order valence-electron chi connectivity index (χ3n) is 3.55. The maximum atomic E-state index is 11.7. The molecule has 6 heteroatoms. The maximum Gasteiger partial charge on any atom is 0.231 e. The number of anilines is 1. The number of carbonyl (C=O) groups is 1. The molecule has 0 saturated carbocycles. The van der Waals surface area contributed by atoms with Crippen molar-refractivity contribution in [2.24, 2.45) is 5.92 Å². The van der Waals surface area contributed by atoms with Gasteiger partial charge >= 0.3 is 0 Å². The van der Waals surface area contributed by atoms with Crippen LogP contribution in [0.4, 0.5) is 5.69 Å². The molecule has 1 N–H and O–H groups in total. The predicted molar refractivity (Wildman–Crippen MR) is 96.8 cm³/mol. The number of thiophene rings is 1. The molecule has 0 saturated heterocycles. The molecule has 2 aromatic heterocycles. The summed E-state index contributed by atoms with van der Waals surface area (Å²) in [6.45, 7) is 5.83. The summed E-state index contributed by atoms with van der Waals surface area (Å²) in [5.41, 5.74) is 0.748. The second-order valence-electron chi connectivity index (χ2n) is 5.73. The van der Waals surface area contributed by atoms with Crippen molar-refractivity contribution in [3.63, 3.8) is 0 Å². The Labute approximate surface area is 144 Å². The lowest BCUT2D eigenvalue weighted by Crippen LogP contribution is -2.17. The number of hydrogen-bond donors (Lipinski definition) is 1. The van der Waals surface area contributed by atoms with E-state index in [0.29, 0.717) is 11.6 Å². The minimum atomic E-state index is -0.0541. The van der Waals surface area contributed by atoms with Gasteiger partial charge in [-0.15, -0.1) is 11.3 Å². The highest BCUT2D eigenvalue weighted by Gasteiger charge is 2.11. The number of amides is 1. The number of aromatic nitrogens is 2. The molecule has 0 aliphatic carbocycles. The third kappa shape index (κ3) is 3.54. The van der Waals surface area contributed by atoms with Crippen LogP contribution in [0.3, 0.4) is 0 Å². The van der Waals surface area contributed by atoms with Crippen LogP contribution in [0.1, 0.15) is 25.6 Å². The fourth-order valence-electron chi connectivity index (χ4n) is 2.14. The Hall–Kier alpha value is -2.47. The molecule has 0 aliphatic rings. The lowest BCUT2D eigenvalue weighted by Gasteiger charge is -2.09. The third-order valence-corrected chi connectivity index (χ3v) is 4.74. The SMILES string of the molecule is CCc1cc2c(Oc3ccc(NC(=O)C(C)C)cc3)ncnc2s1. The molecule has 0 bridgehead atoms. The van der Waals surface area contributed by atoms with Gasteiger partial charge in [-0.3, -0.25) is 4.79 Å². The molecule has 5 nitrogen and oxygen atoms in total. The van der Waals surface area contributed by atoms with Crippen LogP contribution >= 0.6 is 11.3 Å². The Morgan fingerprint density at radius 3 is 2.67 bits per heavy atom. The number of nitrogens with one attached hydrogen (secondary N) is 1. The molecule has 0 fully saturated rings. The first-order chi connectivity index (χ1) is 11.6. The zero-order valence-corrected chi connectivity index (χ0v) is 14.7. The average molecular weight is 341 g/mol. The average Bonchev–Trinajstić information content (AvgIpc) is 3.01. The van der Waals surface area contributed by atoms with Crippen molar-refractivity contribution in [3.8, 4) is 11.6 Å². The molecule has 0 unspecified atom stereocenters. The van der Waals surface area contributed by atoms with E-state index in [9.17, 15) is 4.79 Å². The normalized spacial score (nSPS) is 11.0. The molecule has 24 heavy (non-hydrogen) atoms. The van der Waals surface area contributed by atoms with Crippen LogP contribution in [0.5, 0.6) is 11.6 Å². The van der Waals surface area contributed by atoms with Crippen molar-refractivity contribution >= 4 is 33.1 Å². The summed E-state index contributed by atoms with van der Waals surface area (Å²) in [7, 11) is 0. The summed E-state index contributed by atoms with van der Waals surface area (Å²) in [6, 6.07) is 9.35. The summed E-state index contributed by atoms with van der Waals surface area (Å²) >= 11 is 1.66. The van der Waals surface area contributed by atoms with Gasteiger partial charge in [-0.2, -0.15) is 0 Å². The first-order valence-electron chi connectivity index (χ1n) is 7.89. The number of ether oxygens (including phenoxy) is 1. The topological polar surface area (TPSA) is 64.1 Å². The Kier molecular flexibility index (Phi) is 4.76. The molecular formula is C18H19N3O2S. The number of fused-ring (bicyclic) bond motifs is 1. The molecular weight excluding hydrogens is 322 g/mol. The van der Waals surface area contributed by atoms with E-state index in [1.807, 2.05) is 38.1 Å². The van der Waals surface area contributed by atoms with E-state index < -0.39 is 0 Å². The standard InChI is InChI=1S/C18H19N3O2S/c1-4-14-9-15-17(19-10-20-18(15)24-14)23-13-7-5-12(6-8-13)21-16(22)11(2)3/h5-11H,4H2,1-3H3,(H,21,22). The van der Waals surface area contributed by atoms with Gasteiger partial charge in [-0.05, 0) is 36.8 Å². The van der Waals surface area contributed by atoms with Crippen LogP contribution in [-0.2, 0) is 11.2 Å². The molecule has 3 aromatic rings. The highest BCUT2D eigenvalue weighted by molar-refractivity contribution is 7.18. The van der Waals surface area contributed by atoms with Gasteiger partial charge in [-0.25, -0.2) is 9.97 Å². The van der Waals surface area contributed by atoms with Gasteiger partial charge in [0.1, 0.15) is 16.9 Å². The van der Waals surface area contributed by atoms with E-state index in [4.69, 9.17) is 4.74 Å². The maximum absolute atomic E-state index is 11.7. The zero-order valence-electron chi connectivity index (χ0n) is 13.9. The van der Waals surface area contributed by atoms with E-state index in [1.165, 1.54) is 11.2 Å². The summed E-state index contributed by atoms with van der Waals surface area (Å²) in [5, 5.41) is 3.78. The monoisotopic (exact) mass is 341 g/mol. The molecule has 124 valence electrons. The van der Waals surface area contributed by atoms with E-state index in [0.717, 1.165) is 22.3 Å². The quantitative estimate of drug-likeness (QED) is 0.734. The molecule has 0 atom stereocenters. The Balaban J connectivity index is 1.79. The van der Waals surface area contributed by atoms with Crippen LogP contribution in [0.25, 0.3) is 10.2 Å². The van der Waals surface area contributed by atoms with E-state index >= 15 is 0 Å². The Morgan fingerprint density at radius 2 is 2.00 bits per heavy atom. The first-order valence-corrected chi connectivity index (χ1v) is 8.70. The van der Waals surface area contributed by atoms with Gasteiger partial charge in [-0.1, -0.05) is 20.8 Å². The summed E-state index contributed by atoms with van der Waals surface area (Å²) in [5.74, 6) is 1.16. The number of carbonyl (C=O) groups excluding carboxylic acids is 1.